The van der Waals surface area contributed by atoms with Crippen LogP contribution in [0.4, 0.5) is 5.82 Å². The second kappa shape index (κ2) is 5.56. The predicted molar refractivity (Wildman–Crippen MR) is 71.2 cm³/mol. The monoisotopic (exact) mass is 295 g/mol. The van der Waals surface area contributed by atoms with Gasteiger partial charge in [0.05, 0.1) is 6.54 Å². The van der Waals surface area contributed by atoms with Gasteiger partial charge in [-0.1, -0.05) is 5.92 Å². The smallest absolute Gasteiger partial charge is 0.358 e. The van der Waals surface area contributed by atoms with Crippen LogP contribution in [-0.2, 0) is 10.0 Å². The Morgan fingerprint density at radius 3 is 2.65 bits per heavy atom. The van der Waals surface area contributed by atoms with E-state index in [0.29, 0.717) is 12.5 Å². The van der Waals surface area contributed by atoms with Gasteiger partial charge in [-0.25, -0.2) is 8.42 Å². The second-order valence-electron chi connectivity index (χ2n) is 4.55. The van der Waals surface area contributed by atoms with E-state index in [9.17, 15) is 18.5 Å². The molecule has 0 amide bonds. The molecule has 1 aliphatic carbocycles. The number of nitro groups is 1. The Morgan fingerprint density at radius 1 is 1.50 bits per heavy atom. The number of pyridine rings is 1. The Kier molecular flexibility index (Phi) is 4.01. The van der Waals surface area contributed by atoms with Crippen LogP contribution in [0.15, 0.2) is 23.2 Å². The van der Waals surface area contributed by atoms with Gasteiger partial charge in [0.15, 0.2) is 6.20 Å². The summed E-state index contributed by atoms with van der Waals surface area (Å²) in [5.74, 6) is 2.28. The van der Waals surface area contributed by atoms with Crippen LogP contribution < -0.4 is 0 Å². The van der Waals surface area contributed by atoms with Gasteiger partial charge in [0.2, 0.25) is 10.0 Å². The number of rotatable bonds is 6. The largest absolute Gasteiger partial charge is 0.363 e. The molecule has 0 spiro atoms. The number of hydrogen-bond acceptors (Lipinski definition) is 5. The van der Waals surface area contributed by atoms with Gasteiger partial charge in [0.25, 0.3) is 0 Å². The summed E-state index contributed by atoms with van der Waals surface area (Å²) in [7, 11) is -3.76. The first-order valence-electron chi connectivity index (χ1n) is 5.99. The molecule has 1 aromatic rings. The van der Waals surface area contributed by atoms with Gasteiger partial charge < -0.3 is 10.1 Å². The highest BCUT2D eigenvalue weighted by Crippen LogP contribution is 2.31. The van der Waals surface area contributed by atoms with E-state index in [1.165, 1.54) is 10.4 Å². The fraction of sp³-hybridized carbons (Fsp3) is 0.417. The first-order valence-corrected chi connectivity index (χ1v) is 7.43. The Hall–Kier alpha value is -1.98. The van der Waals surface area contributed by atoms with Crippen LogP contribution in [-0.4, -0.2) is 35.7 Å². The van der Waals surface area contributed by atoms with E-state index in [4.69, 9.17) is 6.42 Å². The van der Waals surface area contributed by atoms with E-state index >= 15 is 0 Å². The van der Waals surface area contributed by atoms with Crippen LogP contribution in [0.2, 0.25) is 0 Å². The van der Waals surface area contributed by atoms with Crippen LogP contribution in [0.3, 0.4) is 0 Å². The lowest BCUT2D eigenvalue weighted by molar-refractivity contribution is -0.389. The van der Waals surface area contributed by atoms with Crippen molar-refractivity contribution in [3.05, 3.63) is 28.4 Å². The highest BCUT2D eigenvalue weighted by Gasteiger charge is 2.32. The molecule has 0 N–H and O–H groups in total. The SMILES string of the molecule is C#CCN(CC1CC1)S(=O)(=O)c1ccc([N+](=O)[O-])nc1. The van der Waals surface area contributed by atoms with Gasteiger partial charge >= 0.3 is 5.82 Å². The van der Waals surface area contributed by atoms with Crippen LogP contribution in [0, 0.1) is 28.4 Å². The molecule has 0 atom stereocenters. The summed E-state index contributed by atoms with van der Waals surface area (Å²) < 4.78 is 26.0. The lowest BCUT2D eigenvalue weighted by atomic mass is 10.4. The van der Waals surface area contributed by atoms with Crippen molar-refractivity contribution >= 4 is 15.8 Å². The van der Waals surface area contributed by atoms with Crippen molar-refractivity contribution in [3.63, 3.8) is 0 Å². The topological polar surface area (TPSA) is 93.4 Å². The molecule has 1 heterocycles. The van der Waals surface area contributed by atoms with Crippen LogP contribution >= 0.6 is 0 Å². The summed E-state index contributed by atoms with van der Waals surface area (Å²) >= 11 is 0. The van der Waals surface area contributed by atoms with Gasteiger partial charge in [-0.15, -0.1) is 6.42 Å². The van der Waals surface area contributed by atoms with Crippen molar-refractivity contribution in [1.29, 1.82) is 0 Å². The zero-order chi connectivity index (χ0) is 14.8. The van der Waals surface area contributed by atoms with E-state index in [-0.39, 0.29) is 11.4 Å². The van der Waals surface area contributed by atoms with E-state index in [2.05, 4.69) is 10.9 Å². The molecule has 0 radical (unpaired) electrons. The molecule has 20 heavy (non-hydrogen) atoms. The fourth-order valence-corrected chi connectivity index (χ4v) is 3.10. The molecule has 0 unspecified atom stereocenters. The molecule has 7 nitrogen and oxygen atoms in total. The third kappa shape index (κ3) is 3.12. The third-order valence-electron chi connectivity index (χ3n) is 2.97. The van der Waals surface area contributed by atoms with E-state index in [0.717, 1.165) is 25.1 Å². The molecule has 0 aromatic carbocycles. The van der Waals surface area contributed by atoms with Crippen LogP contribution in [0.1, 0.15) is 12.8 Å². The standard InChI is InChI=1S/C12H13N3O4S/c1-2-7-14(9-10-3-4-10)20(18,19)11-5-6-12(13-8-11)15(16)17/h1,5-6,8,10H,3-4,7,9H2. The average molecular weight is 295 g/mol. The number of hydrogen-bond donors (Lipinski definition) is 0. The molecule has 1 saturated carbocycles. The normalized spacial score (nSPS) is 15.0. The highest BCUT2D eigenvalue weighted by atomic mass is 32.2. The number of terminal acetylenes is 1. The van der Waals surface area contributed by atoms with Gasteiger partial charge in [-0.3, -0.25) is 0 Å². The summed E-state index contributed by atoms with van der Waals surface area (Å²) in [6, 6.07) is 2.24. The van der Waals surface area contributed by atoms with Gasteiger partial charge in [-0.2, -0.15) is 4.31 Å². The number of aromatic nitrogens is 1. The molecule has 0 bridgehead atoms. The van der Waals surface area contributed by atoms with Gasteiger partial charge in [-0.05, 0) is 34.7 Å². The number of nitrogens with zero attached hydrogens (tertiary/aromatic N) is 3. The Bertz CT molecular complexity index is 644. The number of sulfonamides is 1. The maximum absolute atomic E-state index is 12.4. The van der Waals surface area contributed by atoms with E-state index in [1.807, 2.05) is 0 Å². The molecule has 1 fully saturated rings. The molecule has 8 heteroatoms. The average Bonchev–Trinajstić information content (AvgIpc) is 3.22. The summed E-state index contributed by atoms with van der Waals surface area (Å²) in [5, 5.41) is 10.5. The maximum Gasteiger partial charge on any atom is 0.363 e. The zero-order valence-corrected chi connectivity index (χ0v) is 11.4. The molecule has 1 aliphatic rings. The Morgan fingerprint density at radius 2 is 2.20 bits per heavy atom. The van der Waals surface area contributed by atoms with Crippen molar-refractivity contribution in [2.45, 2.75) is 17.7 Å². The minimum Gasteiger partial charge on any atom is -0.358 e. The van der Waals surface area contributed by atoms with Crippen LogP contribution in [0.25, 0.3) is 0 Å². The highest BCUT2D eigenvalue weighted by molar-refractivity contribution is 7.89. The third-order valence-corrected chi connectivity index (χ3v) is 4.77. The molecule has 2 rings (SSSR count). The van der Waals surface area contributed by atoms with Crippen molar-refractivity contribution in [3.8, 4) is 12.3 Å². The van der Waals surface area contributed by atoms with Crippen molar-refractivity contribution in [2.75, 3.05) is 13.1 Å². The maximum atomic E-state index is 12.4. The Balaban J connectivity index is 2.26. The molecule has 1 aromatic heterocycles. The fourth-order valence-electron chi connectivity index (χ4n) is 1.72. The quantitative estimate of drug-likeness (QED) is 0.444. The summed E-state index contributed by atoms with van der Waals surface area (Å²) in [6.45, 7) is 0.360. The summed E-state index contributed by atoms with van der Waals surface area (Å²) in [6.07, 6.45) is 8.18. The minimum atomic E-state index is -3.76. The predicted octanol–water partition coefficient (Wildman–Crippen LogP) is 1.02. The first kappa shape index (κ1) is 14.4. The van der Waals surface area contributed by atoms with Crippen molar-refractivity contribution < 1.29 is 13.3 Å². The second-order valence-corrected chi connectivity index (χ2v) is 6.49. The summed E-state index contributed by atoms with van der Waals surface area (Å²) in [4.78, 5) is 13.3. The summed E-state index contributed by atoms with van der Waals surface area (Å²) in [5.41, 5.74) is 0. The molecule has 0 saturated heterocycles. The Labute approximate surface area is 116 Å². The van der Waals surface area contributed by atoms with Crippen LogP contribution in [0.5, 0.6) is 0 Å². The molecular weight excluding hydrogens is 282 g/mol. The lowest BCUT2D eigenvalue weighted by Crippen LogP contribution is -2.33. The van der Waals surface area contributed by atoms with E-state index < -0.39 is 20.8 Å². The molecule has 106 valence electrons. The zero-order valence-electron chi connectivity index (χ0n) is 10.6. The van der Waals surface area contributed by atoms with E-state index in [1.54, 1.807) is 0 Å². The van der Waals surface area contributed by atoms with Gasteiger partial charge in [0.1, 0.15) is 4.90 Å². The van der Waals surface area contributed by atoms with Crippen molar-refractivity contribution in [1.82, 2.24) is 9.29 Å². The molecule has 0 aliphatic heterocycles. The van der Waals surface area contributed by atoms with Crippen molar-refractivity contribution in [2.24, 2.45) is 5.92 Å². The minimum absolute atomic E-state index is 0.0180. The lowest BCUT2D eigenvalue weighted by Gasteiger charge is -2.18. The first-order chi connectivity index (χ1) is 9.45. The van der Waals surface area contributed by atoms with Gasteiger partial charge in [0, 0.05) is 12.6 Å². The molecular formula is C12H13N3O4S.